The Morgan fingerprint density at radius 1 is 1.19 bits per heavy atom. The summed E-state index contributed by atoms with van der Waals surface area (Å²) in [5, 5.41) is 0. The molecule has 1 heterocycles. The molecule has 0 atom stereocenters. The fourth-order valence-corrected chi connectivity index (χ4v) is 2.66. The fourth-order valence-electron chi connectivity index (χ4n) is 1.78. The van der Waals surface area contributed by atoms with Crippen LogP contribution in [0.3, 0.4) is 0 Å². The predicted molar refractivity (Wildman–Crippen MR) is 87.7 cm³/mol. The zero-order chi connectivity index (χ0) is 15.4. The molecular weight excluding hydrogens is 404 g/mol. The first kappa shape index (κ1) is 16.0. The van der Waals surface area contributed by atoms with Crippen molar-refractivity contribution in [2.45, 2.75) is 13.3 Å². The second kappa shape index (κ2) is 7.06. The van der Waals surface area contributed by atoms with Gasteiger partial charge in [-0.1, -0.05) is 6.92 Å². The maximum absolute atomic E-state index is 5.87. The van der Waals surface area contributed by atoms with Crippen LogP contribution in [0.2, 0.25) is 0 Å². The van der Waals surface area contributed by atoms with Gasteiger partial charge >= 0.3 is 0 Å². The third kappa shape index (κ3) is 3.45. The topological polar surface area (TPSA) is 82.3 Å². The Hall–Kier alpha value is -1.38. The highest BCUT2D eigenvalue weighted by Crippen LogP contribution is 2.38. The summed E-state index contributed by atoms with van der Waals surface area (Å²) in [6.07, 6.45) is 2.08. The van der Waals surface area contributed by atoms with Crippen molar-refractivity contribution in [1.82, 2.24) is 9.97 Å². The number of hydrogen-bond donors (Lipinski definition) is 2. The van der Waals surface area contributed by atoms with Gasteiger partial charge in [0.05, 0.1) is 21.6 Å². The molecule has 112 valence electrons. The van der Waals surface area contributed by atoms with E-state index in [4.69, 9.17) is 15.3 Å². The lowest BCUT2D eigenvalue weighted by Crippen LogP contribution is -2.12. The van der Waals surface area contributed by atoms with Crippen molar-refractivity contribution in [2.24, 2.45) is 5.84 Å². The summed E-state index contributed by atoms with van der Waals surface area (Å²) in [6.45, 7) is 1.98. The molecular formula is C13H14Br2N4O2. The number of nitrogen functional groups attached to an aromatic ring is 1. The van der Waals surface area contributed by atoms with Crippen LogP contribution in [0.25, 0.3) is 0 Å². The van der Waals surface area contributed by atoms with Crippen molar-refractivity contribution in [1.29, 1.82) is 0 Å². The molecule has 1 aromatic carbocycles. The van der Waals surface area contributed by atoms with Crippen LogP contribution in [0, 0.1) is 0 Å². The van der Waals surface area contributed by atoms with E-state index in [9.17, 15) is 0 Å². The van der Waals surface area contributed by atoms with Gasteiger partial charge in [0.1, 0.15) is 23.6 Å². The molecule has 0 fully saturated rings. The Labute approximate surface area is 139 Å². The van der Waals surface area contributed by atoms with E-state index < -0.39 is 0 Å². The van der Waals surface area contributed by atoms with E-state index in [1.54, 1.807) is 13.2 Å². The van der Waals surface area contributed by atoms with Crippen LogP contribution in [0.15, 0.2) is 27.4 Å². The number of methoxy groups -OCH3 is 1. The van der Waals surface area contributed by atoms with Gasteiger partial charge in [-0.15, -0.1) is 0 Å². The number of halogens is 2. The van der Waals surface area contributed by atoms with Gasteiger partial charge in [0.25, 0.3) is 0 Å². The quantitative estimate of drug-likeness (QED) is 0.570. The molecule has 8 heteroatoms. The lowest BCUT2D eigenvalue weighted by Gasteiger charge is -2.14. The van der Waals surface area contributed by atoms with Crippen molar-refractivity contribution in [2.75, 3.05) is 12.5 Å². The monoisotopic (exact) mass is 416 g/mol. The summed E-state index contributed by atoms with van der Waals surface area (Å²) in [6, 6.07) is 3.62. The smallest absolute Gasteiger partial charge is 0.227 e. The van der Waals surface area contributed by atoms with Gasteiger partial charge in [0.2, 0.25) is 5.88 Å². The van der Waals surface area contributed by atoms with E-state index in [0.717, 1.165) is 14.5 Å². The first-order valence-corrected chi connectivity index (χ1v) is 7.70. The molecule has 0 amide bonds. The van der Waals surface area contributed by atoms with Gasteiger partial charge in [-0.05, 0) is 50.4 Å². The van der Waals surface area contributed by atoms with Gasteiger partial charge in [-0.3, -0.25) is 0 Å². The average molecular weight is 418 g/mol. The molecule has 6 nitrogen and oxygen atoms in total. The molecule has 0 aliphatic heterocycles. The molecule has 3 N–H and O–H groups in total. The molecule has 0 spiro atoms. The van der Waals surface area contributed by atoms with E-state index in [2.05, 4.69) is 47.3 Å². The molecule has 21 heavy (non-hydrogen) atoms. The van der Waals surface area contributed by atoms with Crippen LogP contribution >= 0.6 is 31.9 Å². The van der Waals surface area contributed by atoms with Crippen molar-refractivity contribution in [3.8, 4) is 17.4 Å². The molecule has 0 saturated heterocycles. The summed E-state index contributed by atoms with van der Waals surface area (Å²) in [5.41, 5.74) is 3.35. The van der Waals surface area contributed by atoms with Gasteiger partial charge in [-0.25, -0.2) is 15.8 Å². The summed E-state index contributed by atoms with van der Waals surface area (Å²) in [4.78, 5) is 8.24. The SMILES string of the molecule is CCc1c(NN)ncnc1Oc1cc(Br)c(OC)cc1Br. The number of anilines is 1. The number of hydrazine groups is 1. The molecule has 0 radical (unpaired) electrons. The first-order chi connectivity index (χ1) is 10.1. The molecule has 2 rings (SSSR count). The van der Waals surface area contributed by atoms with Gasteiger partial charge in [0, 0.05) is 0 Å². The molecule has 2 aromatic rings. The summed E-state index contributed by atoms with van der Waals surface area (Å²) in [5.74, 6) is 7.77. The predicted octanol–water partition coefficient (Wildman–Crippen LogP) is 3.65. The minimum absolute atomic E-state index is 0.457. The van der Waals surface area contributed by atoms with E-state index in [0.29, 0.717) is 29.6 Å². The number of hydrogen-bond acceptors (Lipinski definition) is 6. The van der Waals surface area contributed by atoms with Crippen LogP contribution in [-0.2, 0) is 6.42 Å². The van der Waals surface area contributed by atoms with Gasteiger partial charge in [-0.2, -0.15) is 0 Å². The number of aromatic nitrogens is 2. The van der Waals surface area contributed by atoms with Crippen molar-refractivity contribution in [3.63, 3.8) is 0 Å². The molecule has 0 unspecified atom stereocenters. The van der Waals surface area contributed by atoms with Gasteiger partial charge in [0.15, 0.2) is 0 Å². The molecule has 0 aliphatic rings. The number of rotatable bonds is 5. The third-order valence-corrected chi connectivity index (χ3v) is 4.05. The second-order valence-electron chi connectivity index (χ2n) is 4.02. The maximum atomic E-state index is 5.87. The van der Waals surface area contributed by atoms with E-state index in [1.165, 1.54) is 6.33 Å². The van der Waals surface area contributed by atoms with Crippen molar-refractivity contribution in [3.05, 3.63) is 33.0 Å². The zero-order valence-electron chi connectivity index (χ0n) is 11.5. The average Bonchev–Trinajstić information content (AvgIpc) is 2.50. The Balaban J connectivity index is 2.41. The summed E-state index contributed by atoms with van der Waals surface area (Å²) in [7, 11) is 1.60. The Bertz CT molecular complexity index is 652. The highest BCUT2D eigenvalue weighted by atomic mass is 79.9. The molecule has 0 saturated carbocycles. The minimum Gasteiger partial charge on any atom is -0.496 e. The number of nitrogens with one attached hydrogen (secondary N) is 1. The molecule has 1 aromatic heterocycles. The van der Waals surface area contributed by atoms with Crippen LogP contribution in [0.1, 0.15) is 12.5 Å². The first-order valence-electron chi connectivity index (χ1n) is 6.12. The lowest BCUT2D eigenvalue weighted by molar-refractivity contribution is 0.408. The van der Waals surface area contributed by atoms with Crippen LogP contribution in [-0.4, -0.2) is 17.1 Å². The number of ether oxygens (including phenoxy) is 2. The third-order valence-electron chi connectivity index (χ3n) is 2.81. The standard InChI is InChI=1S/C13H14Br2N4O2/c1-3-7-12(19-16)17-6-18-13(7)21-11-5-8(14)10(20-2)4-9(11)15/h4-6H,3,16H2,1-2H3,(H,17,18,19). The largest absolute Gasteiger partial charge is 0.496 e. The van der Waals surface area contributed by atoms with Crippen molar-refractivity contribution < 1.29 is 9.47 Å². The van der Waals surface area contributed by atoms with E-state index >= 15 is 0 Å². The highest BCUT2D eigenvalue weighted by molar-refractivity contribution is 9.11. The van der Waals surface area contributed by atoms with Crippen molar-refractivity contribution >= 4 is 37.7 Å². The zero-order valence-corrected chi connectivity index (χ0v) is 14.7. The normalized spacial score (nSPS) is 10.3. The second-order valence-corrected chi connectivity index (χ2v) is 5.73. The number of nitrogens with two attached hydrogens (primary N) is 1. The molecule has 0 bridgehead atoms. The number of nitrogens with zero attached hydrogens (tertiary/aromatic N) is 2. The lowest BCUT2D eigenvalue weighted by atomic mass is 10.2. The highest BCUT2D eigenvalue weighted by Gasteiger charge is 2.14. The van der Waals surface area contributed by atoms with E-state index in [-0.39, 0.29) is 0 Å². The van der Waals surface area contributed by atoms with Crippen LogP contribution < -0.4 is 20.7 Å². The maximum Gasteiger partial charge on any atom is 0.227 e. The van der Waals surface area contributed by atoms with E-state index in [1.807, 2.05) is 13.0 Å². The van der Waals surface area contributed by atoms with Crippen LogP contribution in [0.4, 0.5) is 5.82 Å². The van der Waals surface area contributed by atoms with Gasteiger partial charge < -0.3 is 14.9 Å². The summed E-state index contributed by atoms with van der Waals surface area (Å²) < 4.78 is 12.6. The fraction of sp³-hybridized carbons (Fsp3) is 0.231. The Morgan fingerprint density at radius 2 is 1.86 bits per heavy atom. The Morgan fingerprint density at radius 3 is 2.48 bits per heavy atom. The van der Waals surface area contributed by atoms with Crippen LogP contribution in [0.5, 0.6) is 17.4 Å². The molecule has 0 aliphatic carbocycles. The minimum atomic E-state index is 0.457. The Kier molecular flexibility index (Phi) is 5.38. The number of benzene rings is 1. The summed E-state index contributed by atoms with van der Waals surface area (Å²) >= 11 is 6.88.